The Hall–Kier alpha value is -3.46. The van der Waals surface area contributed by atoms with Gasteiger partial charge in [0.15, 0.2) is 11.4 Å². The molecule has 2 aliphatic rings. The Kier molecular flexibility index (Phi) is 6.33. The molecule has 0 spiro atoms. The van der Waals surface area contributed by atoms with Crippen LogP contribution in [0.3, 0.4) is 0 Å². The van der Waals surface area contributed by atoms with Gasteiger partial charge in [0.1, 0.15) is 17.5 Å². The maximum absolute atomic E-state index is 13.2. The summed E-state index contributed by atoms with van der Waals surface area (Å²) in [5, 5.41) is 13.2. The lowest BCUT2D eigenvalue weighted by Gasteiger charge is -2.47. The molecule has 2 aromatic rings. The van der Waals surface area contributed by atoms with Crippen LogP contribution in [0.1, 0.15) is 46.7 Å². The molecule has 1 aromatic heterocycles. The number of nitrogens with zero attached hydrogens (tertiary/aromatic N) is 3. The largest absolute Gasteiger partial charge is 0.503 e. The van der Waals surface area contributed by atoms with Crippen LogP contribution in [0.2, 0.25) is 0 Å². The van der Waals surface area contributed by atoms with Gasteiger partial charge in [-0.15, -0.1) is 0 Å². The Balaban J connectivity index is 1.62. The quantitative estimate of drug-likeness (QED) is 0.675. The van der Waals surface area contributed by atoms with E-state index in [-0.39, 0.29) is 29.8 Å². The first-order valence-corrected chi connectivity index (χ1v) is 11.0. The number of halogens is 1. The Morgan fingerprint density at radius 3 is 2.67 bits per heavy atom. The Bertz CT molecular complexity index is 1170. The summed E-state index contributed by atoms with van der Waals surface area (Å²) < 4.78 is 14.6. The Morgan fingerprint density at radius 2 is 1.97 bits per heavy atom. The molecule has 174 valence electrons. The third-order valence-corrected chi connectivity index (χ3v) is 6.26. The molecule has 0 bridgehead atoms. The van der Waals surface area contributed by atoms with Crippen molar-refractivity contribution in [3.8, 4) is 5.75 Å². The van der Waals surface area contributed by atoms with Crippen molar-refractivity contribution in [1.82, 2.24) is 19.7 Å². The maximum Gasteiger partial charge on any atom is 0.275 e. The van der Waals surface area contributed by atoms with Crippen molar-refractivity contribution in [1.29, 1.82) is 0 Å². The highest BCUT2D eigenvalue weighted by molar-refractivity contribution is 5.99. The van der Waals surface area contributed by atoms with Gasteiger partial charge in [-0.25, -0.2) is 4.39 Å². The molecular weight excluding hydrogens is 427 g/mol. The lowest BCUT2D eigenvalue weighted by Crippen LogP contribution is -2.61. The fraction of sp³-hybridized carbons (Fsp3) is 0.375. The first kappa shape index (κ1) is 22.7. The SMILES string of the molecule is CC=C(C)CN1CCCN2C(=O)c3c(O)c(=O)c(C(=O)NCc4ccc(F)cc4)cn3CC12. The Labute approximate surface area is 190 Å². The number of rotatable bonds is 5. The smallest absolute Gasteiger partial charge is 0.275 e. The van der Waals surface area contributed by atoms with Crippen LogP contribution in [0, 0.1) is 5.82 Å². The fourth-order valence-electron chi connectivity index (χ4n) is 4.36. The second kappa shape index (κ2) is 9.19. The number of carbonyl (C=O) groups is 2. The van der Waals surface area contributed by atoms with Crippen LogP contribution in [-0.2, 0) is 13.1 Å². The lowest BCUT2D eigenvalue weighted by atomic mass is 10.1. The maximum atomic E-state index is 13.2. The summed E-state index contributed by atoms with van der Waals surface area (Å²) in [6, 6.07) is 5.63. The summed E-state index contributed by atoms with van der Waals surface area (Å²) in [4.78, 5) is 42.5. The second-order valence-corrected chi connectivity index (χ2v) is 8.47. The van der Waals surface area contributed by atoms with Gasteiger partial charge in [0, 0.05) is 32.4 Å². The number of carbonyl (C=O) groups excluding carboxylic acids is 2. The van der Waals surface area contributed by atoms with Crippen molar-refractivity contribution in [3.05, 3.63) is 75.0 Å². The molecule has 1 saturated heterocycles. The molecule has 1 fully saturated rings. The minimum atomic E-state index is -0.886. The molecule has 33 heavy (non-hydrogen) atoms. The van der Waals surface area contributed by atoms with E-state index in [1.165, 1.54) is 40.6 Å². The Morgan fingerprint density at radius 1 is 1.24 bits per heavy atom. The van der Waals surface area contributed by atoms with Crippen LogP contribution in [0.5, 0.6) is 5.75 Å². The van der Waals surface area contributed by atoms with Gasteiger partial charge < -0.3 is 19.9 Å². The number of hydrogen-bond donors (Lipinski definition) is 2. The van der Waals surface area contributed by atoms with Gasteiger partial charge in [-0.1, -0.05) is 23.8 Å². The number of nitrogens with one attached hydrogen (secondary N) is 1. The summed E-state index contributed by atoms with van der Waals surface area (Å²) >= 11 is 0. The number of hydrogen-bond acceptors (Lipinski definition) is 5. The van der Waals surface area contributed by atoms with Crippen molar-refractivity contribution >= 4 is 11.8 Å². The van der Waals surface area contributed by atoms with Crippen molar-refractivity contribution < 1.29 is 19.1 Å². The zero-order valence-corrected chi connectivity index (χ0v) is 18.7. The topological polar surface area (TPSA) is 94.9 Å². The fourth-order valence-corrected chi connectivity index (χ4v) is 4.36. The van der Waals surface area contributed by atoms with Crippen LogP contribution in [0.4, 0.5) is 4.39 Å². The van der Waals surface area contributed by atoms with E-state index < -0.39 is 23.0 Å². The molecule has 0 aliphatic carbocycles. The number of amides is 2. The average molecular weight is 455 g/mol. The summed E-state index contributed by atoms with van der Waals surface area (Å²) in [6.07, 6.45) is 3.95. The number of aromatic nitrogens is 1. The highest BCUT2D eigenvalue weighted by Gasteiger charge is 2.40. The normalized spacial score (nSPS) is 18.6. The van der Waals surface area contributed by atoms with E-state index in [1.54, 1.807) is 4.90 Å². The summed E-state index contributed by atoms with van der Waals surface area (Å²) in [5.41, 5.74) is 0.625. The molecule has 3 heterocycles. The van der Waals surface area contributed by atoms with E-state index in [2.05, 4.69) is 10.2 Å². The number of allylic oxidation sites excluding steroid dienone is 1. The molecule has 1 atom stereocenters. The zero-order chi connectivity index (χ0) is 23.7. The molecular formula is C24H27FN4O4. The number of pyridine rings is 1. The van der Waals surface area contributed by atoms with E-state index in [4.69, 9.17) is 0 Å². The van der Waals surface area contributed by atoms with Crippen LogP contribution >= 0.6 is 0 Å². The van der Waals surface area contributed by atoms with Gasteiger partial charge in [-0.05, 0) is 38.0 Å². The van der Waals surface area contributed by atoms with Gasteiger partial charge in [0.2, 0.25) is 5.43 Å². The number of fused-ring (bicyclic) bond motifs is 2. The molecule has 4 rings (SSSR count). The van der Waals surface area contributed by atoms with Crippen molar-refractivity contribution in [3.63, 3.8) is 0 Å². The van der Waals surface area contributed by atoms with E-state index in [0.717, 1.165) is 13.0 Å². The molecule has 2 aliphatic heterocycles. The van der Waals surface area contributed by atoms with Crippen molar-refractivity contribution in [2.24, 2.45) is 0 Å². The minimum Gasteiger partial charge on any atom is -0.503 e. The van der Waals surface area contributed by atoms with Crippen LogP contribution < -0.4 is 10.7 Å². The van der Waals surface area contributed by atoms with E-state index in [9.17, 15) is 23.9 Å². The molecule has 2 N–H and O–H groups in total. The van der Waals surface area contributed by atoms with E-state index in [0.29, 0.717) is 25.2 Å². The predicted octanol–water partition coefficient (Wildman–Crippen LogP) is 2.08. The molecule has 1 unspecified atom stereocenters. The highest BCUT2D eigenvalue weighted by Crippen LogP contribution is 2.28. The standard InChI is InChI=1S/C24H27FN4O4/c1-3-15(2)12-27-9-4-10-29-19(27)14-28-13-18(21(30)22(31)20(28)24(29)33)23(32)26-11-16-5-7-17(25)8-6-16/h3,5-8,13,19,31H,4,9-12,14H2,1-2H3,(H,26,32). The summed E-state index contributed by atoms with van der Waals surface area (Å²) in [5.74, 6) is -2.19. The van der Waals surface area contributed by atoms with Crippen LogP contribution in [0.15, 0.2) is 46.9 Å². The molecule has 0 radical (unpaired) electrons. The number of aromatic hydroxyl groups is 1. The third kappa shape index (κ3) is 4.41. The molecule has 2 amide bonds. The predicted molar refractivity (Wildman–Crippen MR) is 120 cm³/mol. The van der Waals surface area contributed by atoms with Gasteiger partial charge in [0.25, 0.3) is 11.8 Å². The van der Waals surface area contributed by atoms with Gasteiger partial charge in [-0.3, -0.25) is 19.3 Å². The zero-order valence-electron chi connectivity index (χ0n) is 18.7. The first-order valence-electron chi connectivity index (χ1n) is 11.0. The third-order valence-electron chi connectivity index (χ3n) is 6.26. The average Bonchev–Trinajstić information content (AvgIpc) is 2.81. The molecule has 8 nitrogen and oxygen atoms in total. The van der Waals surface area contributed by atoms with Gasteiger partial charge in [0.05, 0.1) is 6.54 Å². The summed E-state index contributed by atoms with van der Waals surface area (Å²) in [6.45, 7) is 6.50. The van der Waals surface area contributed by atoms with Crippen molar-refractivity contribution in [2.45, 2.75) is 39.5 Å². The minimum absolute atomic E-state index is 0.0871. The molecule has 1 aromatic carbocycles. The first-order chi connectivity index (χ1) is 15.8. The highest BCUT2D eigenvalue weighted by atomic mass is 19.1. The lowest BCUT2D eigenvalue weighted by molar-refractivity contribution is -0.00598. The number of benzene rings is 1. The van der Waals surface area contributed by atoms with Gasteiger partial charge in [-0.2, -0.15) is 0 Å². The van der Waals surface area contributed by atoms with Crippen LogP contribution in [0.25, 0.3) is 0 Å². The van der Waals surface area contributed by atoms with Crippen LogP contribution in [-0.4, -0.2) is 57.1 Å². The van der Waals surface area contributed by atoms with Crippen molar-refractivity contribution in [2.75, 3.05) is 19.6 Å². The second-order valence-electron chi connectivity index (χ2n) is 8.47. The van der Waals surface area contributed by atoms with E-state index >= 15 is 0 Å². The van der Waals surface area contributed by atoms with Gasteiger partial charge >= 0.3 is 0 Å². The monoisotopic (exact) mass is 454 g/mol. The molecule has 0 saturated carbocycles. The summed E-state index contributed by atoms with van der Waals surface area (Å²) in [7, 11) is 0. The molecule has 9 heteroatoms. The van der Waals surface area contributed by atoms with E-state index in [1.807, 2.05) is 19.9 Å².